The lowest BCUT2D eigenvalue weighted by Gasteiger charge is -2.05. The zero-order chi connectivity index (χ0) is 13.0. The lowest BCUT2D eigenvalue weighted by atomic mass is 10.2. The number of carbonyl (C=O) groups excluding carboxylic acids is 1. The van der Waals surface area contributed by atoms with E-state index in [0.717, 1.165) is 18.8 Å². The molecule has 0 unspecified atom stereocenters. The molecule has 0 aliphatic rings. The largest absolute Gasteiger partial charge is 0.364 e. The molecule has 0 bridgehead atoms. The Bertz CT molecular complexity index is 547. The van der Waals surface area contributed by atoms with Crippen LogP contribution in [0.1, 0.15) is 23.0 Å². The van der Waals surface area contributed by atoms with Gasteiger partial charge in [0.15, 0.2) is 0 Å². The lowest BCUT2D eigenvalue weighted by molar-refractivity contribution is 0.0995. The van der Waals surface area contributed by atoms with E-state index in [4.69, 9.17) is 5.73 Å². The van der Waals surface area contributed by atoms with Crippen molar-refractivity contribution in [2.24, 2.45) is 5.73 Å². The van der Waals surface area contributed by atoms with Crippen LogP contribution in [0.25, 0.3) is 5.69 Å². The van der Waals surface area contributed by atoms with E-state index in [2.05, 4.69) is 17.3 Å². The molecular formula is C13H16N4O. The van der Waals surface area contributed by atoms with Crippen molar-refractivity contribution in [3.8, 4) is 5.69 Å². The summed E-state index contributed by atoms with van der Waals surface area (Å²) in [6, 6.07) is 9.59. The zero-order valence-electron chi connectivity index (χ0n) is 10.3. The summed E-state index contributed by atoms with van der Waals surface area (Å²) >= 11 is 0. The van der Waals surface area contributed by atoms with Crippen LogP contribution < -0.4 is 11.1 Å². The van der Waals surface area contributed by atoms with Crippen molar-refractivity contribution in [3.05, 3.63) is 47.8 Å². The minimum absolute atomic E-state index is 0.270. The van der Waals surface area contributed by atoms with Gasteiger partial charge >= 0.3 is 0 Å². The summed E-state index contributed by atoms with van der Waals surface area (Å²) in [5.74, 6) is -0.516. The van der Waals surface area contributed by atoms with E-state index in [-0.39, 0.29) is 5.69 Å². The summed E-state index contributed by atoms with van der Waals surface area (Å²) in [6.07, 6.45) is 1.73. The lowest BCUT2D eigenvalue weighted by Crippen LogP contribution is -2.13. The number of hydrogen-bond donors (Lipinski definition) is 2. The number of rotatable bonds is 5. The minimum atomic E-state index is -0.516. The van der Waals surface area contributed by atoms with Crippen molar-refractivity contribution in [1.29, 1.82) is 0 Å². The Morgan fingerprint density at radius 2 is 2.28 bits per heavy atom. The molecule has 94 valence electrons. The molecule has 1 amide bonds. The van der Waals surface area contributed by atoms with Gasteiger partial charge in [0.2, 0.25) is 0 Å². The molecule has 3 N–H and O–H groups in total. The van der Waals surface area contributed by atoms with Gasteiger partial charge in [0, 0.05) is 12.7 Å². The number of aromatic nitrogens is 2. The Morgan fingerprint density at radius 3 is 2.94 bits per heavy atom. The number of amides is 1. The number of benzene rings is 1. The number of carbonyl (C=O) groups is 1. The van der Waals surface area contributed by atoms with Gasteiger partial charge in [0.05, 0.1) is 5.69 Å². The molecule has 1 aromatic carbocycles. The Kier molecular flexibility index (Phi) is 3.74. The predicted molar refractivity (Wildman–Crippen MR) is 69.5 cm³/mol. The van der Waals surface area contributed by atoms with Crippen LogP contribution in [0.2, 0.25) is 0 Å². The van der Waals surface area contributed by atoms with Crippen molar-refractivity contribution < 1.29 is 4.79 Å². The summed E-state index contributed by atoms with van der Waals surface area (Å²) in [7, 11) is 0. The molecule has 0 radical (unpaired) electrons. The first-order chi connectivity index (χ1) is 8.70. The van der Waals surface area contributed by atoms with E-state index >= 15 is 0 Å². The zero-order valence-corrected chi connectivity index (χ0v) is 10.3. The van der Waals surface area contributed by atoms with Gasteiger partial charge in [0.25, 0.3) is 5.91 Å². The first kappa shape index (κ1) is 12.3. The molecule has 5 heteroatoms. The van der Waals surface area contributed by atoms with Gasteiger partial charge in [-0.1, -0.05) is 19.1 Å². The molecule has 18 heavy (non-hydrogen) atoms. The number of primary amides is 1. The normalized spacial score (nSPS) is 10.5. The van der Waals surface area contributed by atoms with Gasteiger partial charge in [-0.05, 0) is 30.3 Å². The summed E-state index contributed by atoms with van der Waals surface area (Å²) in [4.78, 5) is 11.0. The molecule has 2 rings (SSSR count). The van der Waals surface area contributed by atoms with Gasteiger partial charge in [-0.2, -0.15) is 5.10 Å². The van der Waals surface area contributed by atoms with Crippen LogP contribution in [0.3, 0.4) is 0 Å². The maximum absolute atomic E-state index is 11.0. The smallest absolute Gasteiger partial charge is 0.269 e. The van der Waals surface area contributed by atoms with Crippen molar-refractivity contribution in [2.45, 2.75) is 13.5 Å². The molecule has 0 aliphatic carbocycles. The Balaban J connectivity index is 2.23. The van der Waals surface area contributed by atoms with Crippen molar-refractivity contribution in [3.63, 3.8) is 0 Å². The topological polar surface area (TPSA) is 72.9 Å². The first-order valence-electron chi connectivity index (χ1n) is 5.86. The number of nitrogens with zero attached hydrogens (tertiary/aromatic N) is 2. The van der Waals surface area contributed by atoms with Crippen LogP contribution in [-0.2, 0) is 6.54 Å². The fraction of sp³-hybridized carbons (Fsp3) is 0.231. The van der Waals surface area contributed by atoms with Gasteiger partial charge < -0.3 is 11.1 Å². The molecule has 0 spiro atoms. The predicted octanol–water partition coefficient (Wildman–Crippen LogP) is 1.08. The van der Waals surface area contributed by atoms with E-state index in [1.165, 1.54) is 5.56 Å². The second kappa shape index (κ2) is 5.46. The fourth-order valence-electron chi connectivity index (χ4n) is 1.68. The molecule has 0 aliphatic heterocycles. The van der Waals surface area contributed by atoms with Crippen LogP contribution in [-0.4, -0.2) is 22.2 Å². The molecular weight excluding hydrogens is 228 g/mol. The summed E-state index contributed by atoms with van der Waals surface area (Å²) in [5, 5.41) is 7.39. The monoisotopic (exact) mass is 244 g/mol. The Morgan fingerprint density at radius 1 is 1.44 bits per heavy atom. The number of hydrogen-bond acceptors (Lipinski definition) is 3. The molecule has 0 saturated carbocycles. The van der Waals surface area contributed by atoms with Crippen LogP contribution >= 0.6 is 0 Å². The van der Waals surface area contributed by atoms with E-state index in [9.17, 15) is 4.79 Å². The average Bonchev–Trinajstić information content (AvgIpc) is 2.86. The maximum Gasteiger partial charge on any atom is 0.269 e. The van der Waals surface area contributed by atoms with Gasteiger partial charge in [0.1, 0.15) is 5.69 Å². The maximum atomic E-state index is 11.0. The molecule has 0 saturated heterocycles. The van der Waals surface area contributed by atoms with Crippen LogP contribution in [0, 0.1) is 0 Å². The highest BCUT2D eigenvalue weighted by Crippen LogP contribution is 2.10. The SMILES string of the molecule is CCNCc1cccc(-n2ccc(C(N)=O)n2)c1. The molecule has 1 aromatic heterocycles. The molecule has 0 atom stereocenters. The Labute approximate surface area is 106 Å². The van der Waals surface area contributed by atoms with Crippen molar-refractivity contribution >= 4 is 5.91 Å². The molecule has 1 heterocycles. The second-order valence-corrected chi connectivity index (χ2v) is 3.96. The minimum Gasteiger partial charge on any atom is -0.364 e. The van der Waals surface area contributed by atoms with E-state index < -0.39 is 5.91 Å². The standard InChI is InChI=1S/C13H16N4O/c1-2-15-9-10-4-3-5-11(8-10)17-7-6-12(16-17)13(14)18/h3-8,15H,2,9H2,1H3,(H2,14,18). The Hall–Kier alpha value is -2.14. The van der Waals surface area contributed by atoms with Crippen LogP contribution in [0.5, 0.6) is 0 Å². The van der Waals surface area contributed by atoms with E-state index in [1.807, 2.05) is 24.3 Å². The van der Waals surface area contributed by atoms with Gasteiger partial charge in [-0.3, -0.25) is 4.79 Å². The quantitative estimate of drug-likeness (QED) is 0.826. The van der Waals surface area contributed by atoms with Crippen molar-refractivity contribution in [2.75, 3.05) is 6.54 Å². The van der Waals surface area contributed by atoms with Crippen LogP contribution in [0.4, 0.5) is 0 Å². The van der Waals surface area contributed by atoms with E-state index in [0.29, 0.717) is 0 Å². The number of nitrogens with one attached hydrogen (secondary N) is 1. The molecule has 0 fully saturated rings. The average molecular weight is 244 g/mol. The highest BCUT2D eigenvalue weighted by molar-refractivity contribution is 5.90. The van der Waals surface area contributed by atoms with E-state index in [1.54, 1.807) is 16.9 Å². The first-order valence-corrected chi connectivity index (χ1v) is 5.86. The number of nitrogens with two attached hydrogens (primary N) is 1. The third-order valence-corrected chi connectivity index (χ3v) is 2.60. The van der Waals surface area contributed by atoms with Crippen LogP contribution in [0.15, 0.2) is 36.5 Å². The molecule has 2 aromatic rings. The summed E-state index contributed by atoms with van der Waals surface area (Å²) < 4.78 is 1.65. The van der Waals surface area contributed by atoms with Crippen molar-refractivity contribution in [1.82, 2.24) is 15.1 Å². The third kappa shape index (κ3) is 2.75. The highest BCUT2D eigenvalue weighted by Gasteiger charge is 2.06. The summed E-state index contributed by atoms with van der Waals surface area (Å²) in [5.41, 5.74) is 7.53. The fourth-order valence-corrected chi connectivity index (χ4v) is 1.68. The second-order valence-electron chi connectivity index (χ2n) is 3.96. The summed E-state index contributed by atoms with van der Waals surface area (Å²) in [6.45, 7) is 3.81. The van der Waals surface area contributed by atoms with Gasteiger partial charge in [-0.15, -0.1) is 0 Å². The molecule has 5 nitrogen and oxygen atoms in total. The third-order valence-electron chi connectivity index (χ3n) is 2.60. The highest BCUT2D eigenvalue weighted by atomic mass is 16.1. The van der Waals surface area contributed by atoms with Gasteiger partial charge in [-0.25, -0.2) is 4.68 Å².